The average Bonchev–Trinajstić information content (AvgIpc) is 3.56. The third-order valence-electron chi connectivity index (χ3n) is 6.28. The van der Waals surface area contributed by atoms with Crippen molar-refractivity contribution in [2.24, 2.45) is 0 Å². The largest absolute Gasteiger partial charge is 0.387 e. The Bertz CT molecular complexity index is 1200. The van der Waals surface area contributed by atoms with Gasteiger partial charge in [0.05, 0.1) is 23.7 Å². The van der Waals surface area contributed by atoms with E-state index < -0.39 is 18.1 Å². The first-order valence-corrected chi connectivity index (χ1v) is 11.5. The van der Waals surface area contributed by atoms with E-state index in [1.165, 1.54) is 18.3 Å². The minimum atomic E-state index is -0.678. The van der Waals surface area contributed by atoms with Crippen LogP contribution in [0.3, 0.4) is 0 Å². The van der Waals surface area contributed by atoms with Gasteiger partial charge in [0, 0.05) is 23.9 Å². The summed E-state index contributed by atoms with van der Waals surface area (Å²) in [6, 6.07) is 4.11. The molecule has 5 rings (SSSR count). The standard InChI is InChI=1S/C23H27FN8O2/c1-12(2)15-10-19(31-30-15)27-21-14-6-7-17(33)20(14)28-23(29-21)32-9-3-4-16(32)22(34)26-13-5-8-18(24)25-11-13/h5,8,10-12,16-17,33H,3-4,6-7,9H2,1-2H3,(H,26,34)(H2,27,28,29,30,31)/t16-,17+/m1/s1. The molecule has 1 amide bonds. The lowest BCUT2D eigenvalue weighted by atomic mass is 10.1. The van der Waals surface area contributed by atoms with E-state index in [1.54, 1.807) is 0 Å². The predicted molar refractivity (Wildman–Crippen MR) is 124 cm³/mol. The molecule has 1 aliphatic heterocycles. The third kappa shape index (κ3) is 4.30. The van der Waals surface area contributed by atoms with Crippen molar-refractivity contribution in [1.29, 1.82) is 0 Å². The monoisotopic (exact) mass is 466 g/mol. The number of aliphatic hydroxyl groups excluding tert-OH is 1. The lowest BCUT2D eigenvalue weighted by Crippen LogP contribution is -2.40. The summed E-state index contributed by atoms with van der Waals surface area (Å²) in [6.07, 6.45) is 3.25. The fraction of sp³-hybridized carbons (Fsp3) is 0.435. The highest BCUT2D eigenvalue weighted by molar-refractivity contribution is 5.96. The van der Waals surface area contributed by atoms with Crippen LogP contribution in [0.25, 0.3) is 0 Å². The zero-order chi connectivity index (χ0) is 23.8. The second-order valence-electron chi connectivity index (χ2n) is 8.99. The van der Waals surface area contributed by atoms with Crippen molar-refractivity contribution in [2.45, 2.75) is 57.6 Å². The summed E-state index contributed by atoms with van der Waals surface area (Å²) in [5, 5.41) is 24.0. The van der Waals surface area contributed by atoms with Crippen molar-refractivity contribution < 1.29 is 14.3 Å². The molecule has 0 unspecified atom stereocenters. The number of nitrogens with one attached hydrogen (secondary N) is 3. The highest BCUT2D eigenvalue weighted by atomic mass is 19.1. The number of nitrogens with zero attached hydrogens (tertiary/aromatic N) is 5. The maximum Gasteiger partial charge on any atom is 0.247 e. The normalized spacial score (nSPS) is 19.5. The summed E-state index contributed by atoms with van der Waals surface area (Å²) in [6.45, 7) is 4.76. The molecular weight excluding hydrogens is 439 g/mol. The van der Waals surface area contributed by atoms with Gasteiger partial charge in [0.25, 0.3) is 0 Å². The zero-order valence-electron chi connectivity index (χ0n) is 19.0. The van der Waals surface area contributed by atoms with Gasteiger partial charge in [-0.25, -0.2) is 9.97 Å². The maximum atomic E-state index is 13.1. The summed E-state index contributed by atoms with van der Waals surface area (Å²) in [7, 11) is 0. The number of hydrogen-bond acceptors (Lipinski definition) is 8. The number of aromatic nitrogens is 5. The van der Waals surface area contributed by atoms with Crippen LogP contribution in [0.2, 0.25) is 0 Å². The van der Waals surface area contributed by atoms with E-state index in [-0.39, 0.29) is 5.91 Å². The molecule has 0 bridgehead atoms. The number of rotatable bonds is 6. The number of H-pyrrole nitrogens is 1. The Morgan fingerprint density at radius 3 is 2.88 bits per heavy atom. The summed E-state index contributed by atoms with van der Waals surface area (Å²) in [5.74, 6) is 1.07. The SMILES string of the molecule is CC(C)c1cc(Nc2nc(N3CCC[C@@H]3C(=O)Nc3ccc(F)nc3)nc3c2CC[C@@H]3O)n[nH]1. The van der Waals surface area contributed by atoms with Crippen LogP contribution < -0.4 is 15.5 Å². The van der Waals surface area contributed by atoms with Gasteiger partial charge >= 0.3 is 0 Å². The molecular formula is C23H27FN8O2. The molecule has 178 valence electrons. The van der Waals surface area contributed by atoms with Crippen LogP contribution in [-0.2, 0) is 11.2 Å². The number of halogens is 1. The van der Waals surface area contributed by atoms with Crippen LogP contribution in [0, 0.1) is 5.95 Å². The summed E-state index contributed by atoms with van der Waals surface area (Å²) < 4.78 is 13.1. The molecule has 4 heterocycles. The second-order valence-corrected chi connectivity index (χ2v) is 8.99. The number of aromatic amines is 1. The third-order valence-corrected chi connectivity index (χ3v) is 6.28. The topological polar surface area (TPSA) is 132 Å². The van der Waals surface area contributed by atoms with Gasteiger partial charge in [-0.15, -0.1) is 0 Å². The number of aliphatic hydroxyl groups is 1. The van der Waals surface area contributed by atoms with Gasteiger partial charge < -0.3 is 20.6 Å². The van der Waals surface area contributed by atoms with Crippen molar-refractivity contribution in [3.05, 3.63) is 47.3 Å². The number of anilines is 4. The fourth-order valence-corrected chi connectivity index (χ4v) is 4.43. The first-order chi connectivity index (χ1) is 16.4. The Hall–Kier alpha value is -3.60. The van der Waals surface area contributed by atoms with Gasteiger partial charge in [-0.3, -0.25) is 9.89 Å². The Morgan fingerprint density at radius 2 is 2.15 bits per heavy atom. The van der Waals surface area contributed by atoms with Crippen LogP contribution in [-0.4, -0.2) is 48.7 Å². The van der Waals surface area contributed by atoms with Crippen LogP contribution in [0.4, 0.5) is 27.7 Å². The van der Waals surface area contributed by atoms with E-state index in [2.05, 4.69) is 44.6 Å². The molecule has 10 nitrogen and oxygen atoms in total. The molecule has 3 aromatic heterocycles. The van der Waals surface area contributed by atoms with Gasteiger partial charge in [-0.2, -0.15) is 14.5 Å². The van der Waals surface area contributed by atoms with Crippen LogP contribution in [0.1, 0.15) is 62.1 Å². The van der Waals surface area contributed by atoms with Crippen molar-refractivity contribution in [1.82, 2.24) is 25.1 Å². The lowest BCUT2D eigenvalue weighted by Gasteiger charge is -2.25. The van der Waals surface area contributed by atoms with E-state index in [9.17, 15) is 14.3 Å². The Labute approximate surface area is 196 Å². The van der Waals surface area contributed by atoms with Gasteiger partial charge in [0.15, 0.2) is 5.82 Å². The molecule has 2 atom stereocenters. The number of pyridine rings is 1. The van der Waals surface area contributed by atoms with E-state index in [4.69, 9.17) is 4.98 Å². The van der Waals surface area contributed by atoms with Crippen molar-refractivity contribution >= 4 is 29.2 Å². The number of amides is 1. The summed E-state index contributed by atoms with van der Waals surface area (Å²) in [5.41, 5.74) is 2.87. The molecule has 0 saturated carbocycles. The molecule has 1 saturated heterocycles. The molecule has 4 N–H and O–H groups in total. The second kappa shape index (κ2) is 8.98. The minimum Gasteiger partial charge on any atom is -0.387 e. The minimum absolute atomic E-state index is 0.237. The first kappa shape index (κ1) is 22.2. The van der Waals surface area contributed by atoms with E-state index >= 15 is 0 Å². The van der Waals surface area contributed by atoms with Gasteiger partial charge in [-0.05, 0) is 43.7 Å². The van der Waals surface area contributed by atoms with Gasteiger partial charge in [-0.1, -0.05) is 13.8 Å². The fourth-order valence-electron chi connectivity index (χ4n) is 4.43. The molecule has 2 aliphatic rings. The number of hydrogen-bond donors (Lipinski definition) is 4. The summed E-state index contributed by atoms with van der Waals surface area (Å²) >= 11 is 0. The molecule has 1 fully saturated rings. The Kier molecular flexibility index (Phi) is 5.86. The Balaban J connectivity index is 1.42. The molecule has 34 heavy (non-hydrogen) atoms. The smallest absolute Gasteiger partial charge is 0.247 e. The lowest BCUT2D eigenvalue weighted by molar-refractivity contribution is -0.117. The van der Waals surface area contributed by atoms with Crippen molar-refractivity contribution in [3.8, 4) is 0 Å². The summed E-state index contributed by atoms with van der Waals surface area (Å²) in [4.78, 5) is 27.9. The zero-order valence-corrected chi connectivity index (χ0v) is 19.0. The van der Waals surface area contributed by atoms with Gasteiger partial charge in [0.2, 0.25) is 17.8 Å². The predicted octanol–water partition coefficient (Wildman–Crippen LogP) is 3.19. The highest BCUT2D eigenvalue weighted by Crippen LogP contribution is 2.37. The highest BCUT2D eigenvalue weighted by Gasteiger charge is 2.35. The number of carbonyl (C=O) groups excluding carboxylic acids is 1. The van der Waals surface area contributed by atoms with Crippen molar-refractivity contribution in [3.63, 3.8) is 0 Å². The van der Waals surface area contributed by atoms with Crippen LogP contribution >= 0.6 is 0 Å². The molecule has 1 aliphatic carbocycles. The van der Waals surface area contributed by atoms with Crippen molar-refractivity contribution in [2.75, 3.05) is 22.1 Å². The van der Waals surface area contributed by atoms with E-state index in [0.29, 0.717) is 60.7 Å². The molecule has 11 heteroatoms. The molecule has 0 radical (unpaired) electrons. The molecule has 0 aromatic carbocycles. The maximum absolute atomic E-state index is 13.1. The first-order valence-electron chi connectivity index (χ1n) is 11.5. The molecule has 3 aromatic rings. The van der Waals surface area contributed by atoms with E-state index in [1.807, 2.05) is 11.0 Å². The van der Waals surface area contributed by atoms with Crippen LogP contribution in [0.15, 0.2) is 24.4 Å². The number of fused-ring (bicyclic) bond motifs is 1. The quantitative estimate of drug-likeness (QED) is 0.407. The molecule has 0 spiro atoms. The average molecular weight is 467 g/mol. The number of carbonyl (C=O) groups is 1. The van der Waals surface area contributed by atoms with Crippen LogP contribution in [0.5, 0.6) is 0 Å². The van der Waals surface area contributed by atoms with E-state index in [0.717, 1.165) is 17.7 Å². The Morgan fingerprint density at radius 1 is 1.29 bits per heavy atom. The van der Waals surface area contributed by atoms with Gasteiger partial charge in [0.1, 0.15) is 11.9 Å².